The van der Waals surface area contributed by atoms with Crippen LogP contribution < -0.4 is 14.5 Å². The second kappa shape index (κ2) is 10.7. The van der Waals surface area contributed by atoms with E-state index in [1.165, 1.54) is 12.1 Å². The van der Waals surface area contributed by atoms with Crippen LogP contribution in [0, 0.1) is 5.82 Å². The van der Waals surface area contributed by atoms with Crippen LogP contribution in [0.5, 0.6) is 5.75 Å². The van der Waals surface area contributed by atoms with Gasteiger partial charge in [-0.15, -0.1) is 0 Å². The number of likely N-dealkylation sites (N-methyl/N-ethyl adjacent to an activating group) is 2. The molecule has 0 aliphatic carbocycles. The molecule has 2 aromatic rings. The molecular weight excluding hydrogens is 429 g/mol. The van der Waals surface area contributed by atoms with Gasteiger partial charge in [0, 0.05) is 58.4 Å². The van der Waals surface area contributed by atoms with Crippen molar-refractivity contribution in [2.75, 3.05) is 75.2 Å². The Morgan fingerprint density at radius 1 is 0.875 bits per heavy atom. The minimum atomic E-state index is -0.308. The van der Waals surface area contributed by atoms with Crippen molar-refractivity contribution >= 4 is 23.1 Å². The van der Waals surface area contributed by atoms with Gasteiger partial charge in [0.05, 0.1) is 16.4 Å². The molecule has 32 heavy (non-hydrogen) atoms. The van der Waals surface area contributed by atoms with E-state index in [0.29, 0.717) is 16.5 Å². The minimum absolute atomic E-state index is 0.201. The average molecular weight is 462 g/mol. The number of nitrogens with zero attached hydrogens (tertiary/aromatic N) is 5. The van der Waals surface area contributed by atoms with Gasteiger partial charge in [-0.25, -0.2) is 9.37 Å². The number of benzene rings is 1. The number of pyridine rings is 1. The summed E-state index contributed by atoms with van der Waals surface area (Å²) in [5.74, 6) is 1.14. The number of hydrogen-bond acceptors (Lipinski definition) is 6. The zero-order valence-corrected chi connectivity index (χ0v) is 19.8. The average Bonchev–Trinajstić information content (AvgIpc) is 2.84. The molecule has 0 radical (unpaired) electrons. The maximum atomic E-state index is 14.0. The second-order valence-corrected chi connectivity index (χ2v) is 8.75. The Labute approximate surface area is 195 Å². The van der Waals surface area contributed by atoms with Crippen LogP contribution in [0.3, 0.4) is 0 Å². The summed E-state index contributed by atoms with van der Waals surface area (Å²) in [4.78, 5) is 14.2. The van der Waals surface area contributed by atoms with Crippen molar-refractivity contribution in [2.45, 2.75) is 20.5 Å². The Hall–Kier alpha value is -2.09. The molecule has 174 valence electrons. The topological polar surface area (TPSA) is 35.1 Å². The Kier molecular flexibility index (Phi) is 7.71. The molecule has 4 rings (SSSR count). The smallest absolute Gasteiger partial charge is 0.146 e. The summed E-state index contributed by atoms with van der Waals surface area (Å²) in [5.41, 5.74) is 1.60. The van der Waals surface area contributed by atoms with Crippen molar-refractivity contribution in [3.05, 3.63) is 46.9 Å². The molecule has 0 N–H and O–H groups in total. The number of hydrogen-bond donors (Lipinski definition) is 0. The van der Waals surface area contributed by atoms with Gasteiger partial charge >= 0.3 is 0 Å². The molecule has 0 atom stereocenters. The number of piperazine rings is 2. The maximum Gasteiger partial charge on any atom is 0.146 e. The lowest BCUT2D eigenvalue weighted by molar-refractivity contribution is 0.266. The zero-order valence-electron chi connectivity index (χ0n) is 19.1. The molecule has 0 bridgehead atoms. The molecule has 6 nitrogen and oxygen atoms in total. The van der Waals surface area contributed by atoms with E-state index in [-0.39, 0.29) is 12.4 Å². The maximum absolute atomic E-state index is 14.0. The monoisotopic (exact) mass is 461 g/mol. The van der Waals surface area contributed by atoms with E-state index in [9.17, 15) is 4.39 Å². The molecule has 1 aromatic heterocycles. The van der Waals surface area contributed by atoms with Crippen LogP contribution in [0.25, 0.3) is 0 Å². The highest BCUT2D eigenvalue weighted by atomic mass is 35.5. The van der Waals surface area contributed by atoms with E-state index in [1.54, 1.807) is 0 Å². The van der Waals surface area contributed by atoms with Crippen molar-refractivity contribution in [2.24, 2.45) is 0 Å². The fraction of sp³-hybridized carbons (Fsp3) is 0.542. The van der Waals surface area contributed by atoms with Crippen molar-refractivity contribution in [3.63, 3.8) is 0 Å². The van der Waals surface area contributed by atoms with E-state index >= 15 is 0 Å². The van der Waals surface area contributed by atoms with Gasteiger partial charge < -0.3 is 24.3 Å². The van der Waals surface area contributed by atoms with Crippen LogP contribution in [-0.4, -0.2) is 80.2 Å². The van der Waals surface area contributed by atoms with E-state index in [0.717, 1.165) is 77.0 Å². The van der Waals surface area contributed by atoms with Crippen LogP contribution in [0.15, 0.2) is 30.3 Å². The molecule has 2 aliphatic rings. The van der Waals surface area contributed by atoms with Gasteiger partial charge in [-0.2, -0.15) is 0 Å². The van der Waals surface area contributed by atoms with Gasteiger partial charge in [-0.05, 0) is 37.4 Å². The first kappa shape index (κ1) is 23.1. The highest BCUT2D eigenvalue weighted by Gasteiger charge is 2.21. The lowest BCUT2D eigenvalue weighted by atomic mass is 10.2. The normalized spacial score (nSPS) is 18.2. The van der Waals surface area contributed by atoms with Crippen LogP contribution >= 0.6 is 11.6 Å². The number of aromatic nitrogens is 1. The van der Waals surface area contributed by atoms with Gasteiger partial charge in [0.25, 0.3) is 0 Å². The molecule has 2 saturated heterocycles. The van der Waals surface area contributed by atoms with Crippen molar-refractivity contribution in [3.8, 4) is 5.75 Å². The van der Waals surface area contributed by atoms with Gasteiger partial charge in [-0.1, -0.05) is 25.4 Å². The van der Waals surface area contributed by atoms with Gasteiger partial charge in [0.2, 0.25) is 0 Å². The molecule has 0 amide bonds. The Balaban J connectivity index is 1.46. The number of ether oxygens (including phenoxy) is 1. The first-order valence-corrected chi connectivity index (χ1v) is 12.0. The van der Waals surface area contributed by atoms with Crippen LogP contribution in [0.1, 0.15) is 19.5 Å². The predicted octanol–water partition coefficient (Wildman–Crippen LogP) is 3.74. The van der Waals surface area contributed by atoms with Crippen LogP contribution in [0.2, 0.25) is 5.02 Å². The highest BCUT2D eigenvalue weighted by molar-refractivity contribution is 6.31. The number of rotatable bonds is 7. The predicted molar refractivity (Wildman–Crippen MR) is 129 cm³/mol. The van der Waals surface area contributed by atoms with E-state index in [1.807, 2.05) is 18.2 Å². The van der Waals surface area contributed by atoms with E-state index in [4.69, 9.17) is 21.3 Å². The fourth-order valence-corrected chi connectivity index (χ4v) is 4.52. The first-order valence-electron chi connectivity index (χ1n) is 11.6. The molecule has 2 fully saturated rings. The van der Waals surface area contributed by atoms with E-state index in [2.05, 4.69) is 33.4 Å². The second-order valence-electron chi connectivity index (χ2n) is 8.34. The zero-order chi connectivity index (χ0) is 22.5. The van der Waals surface area contributed by atoms with Gasteiger partial charge in [0.1, 0.15) is 24.0 Å². The lowest BCUT2D eigenvalue weighted by Gasteiger charge is -2.36. The third kappa shape index (κ3) is 5.45. The summed E-state index contributed by atoms with van der Waals surface area (Å²) in [5, 5.41) is 0.565. The standard InChI is InChI=1S/C24H33ClFN5O/c1-3-28-9-13-30(14-10-28)22-7-5-19(26)17-23(22)32-18-21-20(25)6-8-24(27-21)31-15-11-29(4-2)12-16-31/h5-8,17H,3-4,9-16,18H2,1-2H3. The summed E-state index contributed by atoms with van der Waals surface area (Å²) in [6.07, 6.45) is 0. The molecule has 0 spiro atoms. The Morgan fingerprint density at radius 2 is 1.50 bits per heavy atom. The van der Waals surface area contributed by atoms with Crippen LogP contribution in [-0.2, 0) is 6.61 Å². The third-order valence-corrected chi connectivity index (χ3v) is 6.84. The summed E-state index contributed by atoms with van der Waals surface area (Å²) in [6, 6.07) is 8.61. The van der Waals surface area contributed by atoms with Gasteiger partial charge in [0.15, 0.2) is 0 Å². The Bertz CT molecular complexity index is 898. The summed E-state index contributed by atoms with van der Waals surface area (Å²) < 4.78 is 20.1. The quantitative estimate of drug-likeness (QED) is 0.625. The largest absolute Gasteiger partial charge is 0.485 e. The molecule has 0 saturated carbocycles. The van der Waals surface area contributed by atoms with Crippen molar-refractivity contribution in [1.82, 2.24) is 14.8 Å². The molecule has 1 aromatic carbocycles. The number of halogens is 2. The summed E-state index contributed by atoms with van der Waals surface area (Å²) in [6.45, 7) is 14.4. The highest BCUT2D eigenvalue weighted by Crippen LogP contribution is 2.31. The number of anilines is 2. The third-order valence-electron chi connectivity index (χ3n) is 6.49. The van der Waals surface area contributed by atoms with Crippen molar-refractivity contribution in [1.29, 1.82) is 0 Å². The lowest BCUT2D eigenvalue weighted by Crippen LogP contribution is -2.46. The van der Waals surface area contributed by atoms with Gasteiger partial charge in [-0.3, -0.25) is 0 Å². The molecule has 8 heteroatoms. The summed E-state index contributed by atoms with van der Waals surface area (Å²) in [7, 11) is 0. The van der Waals surface area contributed by atoms with E-state index < -0.39 is 0 Å². The SMILES string of the molecule is CCN1CCN(c2ccc(Cl)c(COc3cc(F)ccc3N3CCN(CC)CC3)n2)CC1. The van der Waals surface area contributed by atoms with Crippen LogP contribution in [0.4, 0.5) is 15.9 Å². The molecule has 2 aliphatic heterocycles. The Morgan fingerprint density at radius 3 is 2.12 bits per heavy atom. The fourth-order valence-electron chi connectivity index (χ4n) is 4.36. The molecule has 0 unspecified atom stereocenters. The first-order chi connectivity index (χ1) is 15.6. The molecular formula is C24H33ClFN5O. The minimum Gasteiger partial charge on any atom is -0.485 e. The van der Waals surface area contributed by atoms with Crippen molar-refractivity contribution < 1.29 is 9.13 Å². The summed E-state index contributed by atoms with van der Waals surface area (Å²) >= 11 is 6.44. The molecule has 3 heterocycles.